The highest BCUT2D eigenvalue weighted by Crippen LogP contribution is 2.46. The van der Waals surface area contributed by atoms with E-state index in [2.05, 4.69) is 0 Å². The van der Waals surface area contributed by atoms with Gasteiger partial charge < -0.3 is 5.11 Å². The summed E-state index contributed by atoms with van der Waals surface area (Å²) in [7, 11) is -3.70. The summed E-state index contributed by atoms with van der Waals surface area (Å²) in [4.78, 5) is 10.2. The first-order valence-electron chi connectivity index (χ1n) is 6.72. The van der Waals surface area contributed by atoms with Gasteiger partial charge in [-0.15, -0.1) is 0 Å². The number of hydrogen-bond acceptors (Lipinski definition) is 5. The van der Waals surface area contributed by atoms with Crippen LogP contribution in [0, 0.1) is 23.0 Å². The minimum atomic E-state index is -3.70. The summed E-state index contributed by atoms with van der Waals surface area (Å²) in [5, 5.41) is 20.9. The van der Waals surface area contributed by atoms with Crippen LogP contribution in [0.5, 0.6) is 0 Å². The van der Waals surface area contributed by atoms with E-state index >= 15 is 0 Å². The van der Waals surface area contributed by atoms with Crippen LogP contribution in [0.1, 0.15) is 18.4 Å². The molecule has 1 aliphatic heterocycles. The topological polar surface area (TPSA) is 101 Å². The second-order valence-electron chi connectivity index (χ2n) is 5.86. The Morgan fingerprint density at radius 1 is 1.38 bits per heavy atom. The van der Waals surface area contributed by atoms with Crippen LogP contribution < -0.4 is 0 Å². The van der Waals surface area contributed by atoms with Crippen molar-refractivity contribution in [2.75, 3.05) is 13.1 Å². The zero-order chi connectivity index (χ0) is 15.4. The minimum absolute atomic E-state index is 0.0611. The summed E-state index contributed by atoms with van der Waals surface area (Å²) in [6, 6.07) is 3.70. The molecule has 1 saturated carbocycles. The molecule has 1 saturated heterocycles. The average Bonchev–Trinajstić information content (AvgIpc) is 3.18. The van der Waals surface area contributed by atoms with Crippen molar-refractivity contribution in [3.63, 3.8) is 0 Å². The van der Waals surface area contributed by atoms with E-state index in [0.29, 0.717) is 5.56 Å². The largest absolute Gasteiger partial charge is 0.387 e. The Bertz CT molecular complexity index is 705. The van der Waals surface area contributed by atoms with Crippen LogP contribution in [-0.2, 0) is 10.0 Å². The van der Waals surface area contributed by atoms with Gasteiger partial charge >= 0.3 is 0 Å². The number of benzene rings is 1. The van der Waals surface area contributed by atoms with Crippen molar-refractivity contribution in [1.82, 2.24) is 4.31 Å². The molecular weight excluding hydrogens is 296 g/mol. The first-order chi connectivity index (χ1) is 9.74. The van der Waals surface area contributed by atoms with Crippen molar-refractivity contribution in [1.29, 1.82) is 0 Å². The van der Waals surface area contributed by atoms with Gasteiger partial charge in [0.05, 0.1) is 15.4 Å². The van der Waals surface area contributed by atoms with Crippen molar-refractivity contribution in [2.24, 2.45) is 5.92 Å². The molecular formula is C13H16N2O5S. The van der Waals surface area contributed by atoms with Gasteiger partial charge in [0, 0.05) is 25.2 Å². The van der Waals surface area contributed by atoms with Crippen molar-refractivity contribution in [3.8, 4) is 0 Å². The van der Waals surface area contributed by atoms with Gasteiger partial charge in [-0.3, -0.25) is 10.1 Å². The minimum Gasteiger partial charge on any atom is -0.387 e. The molecule has 0 unspecified atom stereocenters. The third-order valence-electron chi connectivity index (χ3n) is 4.22. The summed E-state index contributed by atoms with van der Waals surface area (Å²) in [5.41, 5.74) is -0.683. The van der Waals surface area contributed by atoms with Gasteiger partial charge in [-0.2, -0.15) is 4.31 Å². The zero-order valence-corrected chi connectivity index (χ0v) is 12.3. The number of rotatable bonds is 4. The highest BCUT2D eigenvalue weighted by Gasteiger charge is 2.55. The van der Waals surface area contributed by atoms with Crippen LogP contribution in [-0.4, -0.2) is 41.4 Å². The van der Waals surface area contributed by atoms with Gasteiger partial charge in [-0.25, -0.2) is 8.42 Å². The Balaban J connectivity index is 1.84. The third kappa shape index (κ3) is 2.33. The van der Waals surface area contributed by atoms with Crippen molar-refractivity contribution < 1.29 is 18.4 Å². The maximum Gasteiger partial charge on any atom is 0.269 e. The fraction of sp³-hybridized carbons (Fsp3) is 0.538. The Labute approximate surface area is 122 Å². The molecule has 0 spiro atoms. The highest BCUT2D eigenvalue weighted by atomic mass is 32.2. The molecule has 21 heavy (non-hydrogen) atoms. The lowest BCUT2D eigenvalue weighted by Gasteiger charge is -2.45. The molecule has 1 heterocycles. The Morgan fingerprint density at radius 2 is 2.00 bits per heavy atom. The number of aliphatic hydroxyl groups is 1. The third-order valence-corrected chi connectivity index (χ3v) is 6.18. The number of β-amino-alcohol motifs (C(OH)–C–C–N with tert-alkyl or cyclic N) is 1. The van der Waals surface area contributed by atoms with Gasteiger partial charge in [0.15, 0.2) is 0 Å². The molecule has 0 atom stereocenters. The molecule has 0 radical (unpaired) electrons. The molecule has 8 heteroatoms. The van der Waals surface area contributed by atoms with E-state index in [1.807, 2.05) is 0 Å². The second-order valence-corrected chi connectivity index (χ2v) is 7.76. The van der Waals surface area contributed by atoms with E-state index in [1.54, 1.807) is 0 Å². The number of nitro benzene ring substituents is 1. The molecule has 0 amide bonds. The predicted molar refractivity (Wildman–Crippen MR) is 74.3 cm³/mol. The number of aryl methyl sites for hydroxylation is 1. The van der Waals surface area contributed by atoms with E-state index in [0.717, 1.165) is 12.8 Å². The summed E-state index contributed by atoms with van der Waals surface area (Å²) >= 11 is 0. The van der Waals surface area contributed by atoms with E-state index in [1.165, 1.54) is 29.4 Å². The van der Waals surface area contributed by atoms with Crippen LogP contribution in [0.25, 0.3) is 0 Å². The molecule has 2 fully saturated rings. The van der Waals surface area contributed by atoms with Gasteiger partial charge in [0.25, 0.3) is 5.69 Å². The van der Waals surface area contributed by atoms with Crippen molar-refractivity contribution >= 4 is 15.7 Å². The van der Waals surface area contributed by atoms with Gasteiger partial charge in [-0.05, 0) is 37.3 Å². The highest BCUT2D eigenvalue weighted by molar-refractivity contribution is 7.89. The number of nitro groups is 1. The average molecular weight is 312 g/mol. The van der Waals surface area contributed by atoms with Gasteiger partial charge in [0.1, 0.15) is 0 Å². The van der Waals surface area contributed by atoms with E-state index in [4.69, 9.17) is 0 Å². The number of hydrogen-bond donors (Lipinski definition) is 1. The van der Waals surface area contributed by atoms with Crippen molar-refractivity contribution in [3.05, 3.63) is 33.9 Å². The molecule has 1 aromatic carbocycles. The van der Waals surface area contributed by atoms with E-state index in [9.17, 15) is 23.6 Å². The lowest BCUT2D eigenvalue weighted by molar-refractivity contribution is -0.385. The summed E-state index contributed by atoms with van der Waals surface area (Å²) in [5.74, 6) is 0.210. The SMILES string of the molecule is Cc1cc([N+](=O)[O-])ccc1S(=O)(=O)N1CC(O)(C2CC2)C1. The molecule has 1 aliphatic carbocycles. The number of nitrogens with zero attached hydrogens (tertiary/aromatic N) is 2. The molecule has 2 aliphatic rings. The Morgan fingerprint density at radius 3 is 2.48 bits per heavy atom. The monoisotopic (exact) mass is 312 g/mol. The lowest BCUT2D eigenvalue weighted by atomic mass is 9.91. The van der Waals surface area contributed by atoms with Gasteiger partial charge in [-0.1, -0.05) is 0 Å². The summed E-state index contributed by atoms with van der Waals surface area (Å²) in [6.07, 6.45) is 1.89. The molecule has 114 valence electrons. The first-order valence-corrected chi connectivity index (χ1v) is 8.16. The lowest BCUT2D eigenvalue weighted by Crippen LogP contribution is -2.64. The van der Waals surface area contributed by atoms with Crippen LogP contribution >= 0.6 is 0 Å². The molecule has 1 N–H and O–H groups in total. The normalized spacial score (nSPS) is 21.8. The quantitative estimate of drug-likeness (QED) is 0.661. The summed E-state index contributed by atoms with van der Waals surface area (Å²) in [6.45, 7) is 1.75. The van der Waals surface area contributed by atoms with Crippen LogP contribution in [0.4, 0.5) is 5.69 Å². The Hall–Kier alpha value is -1.51. The molecule has 3 rings (SSSR count). The summed E-state index contributed by atoms with van der Waals surface area (Å²) < 4.78 is 26.2. The van der Waals surface area contributed by atoms with Crippen LogP contribution in [0.3, 0.4) is 0 Å². The maximum atomic E-state index is 12.5. The van der Waals surface area contributed by atoms with Crippen LogP contribution in [0.15, 0.2) is 23.1 Å². The van der Waals surface area contributed by atoms with E-state index in [-0.39, 0.29) is 29.6 Å². The molecule has 0 bridgehead atoms. The number of sulfonamides is 1. The van der Waals surface area contributed by atoms with E-state index < -0.39 is 20.5 Å². The maximum absolute atomic E-state index is 12.5. The fourth-order valence-corrected chi connectivity index (χ4v) is 4.56. The van der Waals surface area contributed by atoms with Crippen LogP contribution in [0.2, 0.25) is 0 Å². The molecule has 0 aromatic heterocycles. The smallest absolute Gasteiger partial charge is 0.269 e. The second kappa shape index (κ2) is 4.49. The Kier molecular flexibility index (Phi) is 3.09. The fourth-order valence-electron chi connectivity index (χ4n) is 2.79. The number of non-ortho nitro benzene ring substituents is 1. The standard InChI is InChI=1S/C13H16N2O5S/c1-9-6-11(15(17)18)4-5-12(9)21(19,20)14-7-13(16,8-14)10-2-3-10/h4-6,10,16H,2-3,7-8H2,1H3. The molecule has 7 nitrogen and oxygen atoms in total. The first kappa shape index (κ1) is 14.4. The molecule has 1 aromatic rings. The predicted octanol–water partition coefficient (Wildman–Crippen LogP) is 1.05. The van der Waals surface area contributed by atoms with Crippen molar-refractivity contribution in [2.45, 2.75) is 30.3 Å². The zero-order valence-electron chi connectivity index (χ0n) is 11.5. The van der Waals surface area contributed by atoms with Gasteiger partial charge in [0.2, 0.25) is 10.0 Å².